The van der Waals surface area contributed by atoms with Crippen LogP contribution < -0.4 is 10.2 Å². The molecule has 0 unspecified atom stereocenters. The Morgan fingerprint density at radius 2 is 1.78 bits per heavy atom. The Balaban J connectivity index is 1.32. The largest absolute Gasteiger partial charge is 0.494 e. The van der Waals surface area contributed by atoms with Gasteiger partial charge in [-0.2, -0.15) is 9.90 Å². The van der Waals surface area contributed by atoms with Crippen LogP contribution in [0, 0.1) is 0 Å². The number of tetrazole rings is 1. The molecule has 1 amide bonds. The van der Waals surface area contributed by atoms with E-state index in [-0.39, 0.29) is 5.91 Å². The third-order valence-corrected chi connectivity index (χ3v) is 4.60. The van der Waals surface area contributed by atoms with E-state index in [0.29, 0.717) is 24.5 Å². The van der Waals surface area contributed by atoms with Crippen LogP contribution in [0.25, 0.3) is 11.4 Å². The van der Waals surface area contributed by atoms with Gasteiger partial charge >= 0.3 is 0 Å². The van der Waals surface area contributed by atoms with Gasteiger partial charge in [0.25, 0.3) is 5.91 Å². The van der Waals surface area contributed by atoms with Crippen LogP contribution in [0.2, 0.25) is 0 Å². The molecule has 32 heavy (non-hydrogen) atoms. The minimum Gasteiger partial charge on any atom is -0.494 e. The molecule has 1 heterocycles. The zero-order valence-corrected chi connectivity index (χ0v) is 17.5. The van der Waals surface area contributed by atoms with Crippen molar-refractivity contribution in [3.63, 3.8) is 0 Å². The molecule has 0 fully saturated rings. The summed E-state index contributed by atoms with van der Waals surface area (Å²) >= 11 is 0. The van der Waals surface area contributed by atoms with Crippen LogP contribution in [0.1, 0.15) is 28.4 Å². The molecule has 0 saturated carbocycles. The molecule has 0 aliphatic rings. The van der Waals surface area contributed by atoms with Crippen molar-refractivity contribution in [3.05, 3.63) is 95.6 Å². The lowest BCUT2D eigenvalue weighted by Crippen LogP contribution is -2.17. The third kappa shape index (κ3) is 5.42. The highest BCUT2D eigenvalue weighted by atomic mass is 16.5. The molecule has 8 nitrogen and oxygen atoms in total. The summed E-state index contributed by atoms with van der Waals surface area (Å²) < 4.78 is 5.40. The van der Waals surface area contributed by atoms with Crippen molar-refractivity contribution < 1.29 is 9.53 Å². The first-order valence-corrected chi connectivity index (χ1v) is 10.2. The van der Waals surface area contributed by atoms with E-state index in [2.05, 4.69) is 25.9 Å². The quantitative estimate of drug-likeness (QED) is 0.343. The number of hydrogen-bond donors (Lipinski definition) is 1. The lowest BCUT2D eigenvalue weighted by molar-refractivity contribution is 0.0955. The number of hydrogen-bond acceptors (Lipinski definition) is 6. The van der Waals surface area contributed by atoms with Gasteiger partial charge in [-0.15, -0.1) is 10.2 Å². The zero-order chi connectivity index (χ0) is 22.2. The average Bonchev–Trinajstić information content (AvgIpc) is 3.30. The van der Waals surface area contributed by atoms with Gasteiger partial charge in [-0.3, -0.25) is 4.79 Å². The normalized spacial score (nSPS) is 10.9. The standard InChI is InChI=1S/C24H22N6O2/c1-2-32-22-14-10-18(11-15-22)16-25-27-24(31)21-12-8-19(9-13-21)17-30-28-23(26-29-30)20-6-4-3-5-7-20/h3-16H,2,17H2,1H3,(H,27,31)/b25-16+. The van der Waals surface area contributed by atoms with Crippen molar-refractivity contribution in [1.82, 2.24) is 25.6 Å². The molecule has 0 atom stereocenters. The average molecular weight is 426 g/mol. The van der Waals surface area contributed by atoms with Gasteiger partial charge in [-0.25, -0.2) is 5.43 Å². The second-order valence-electron chi connectivity index (χ2n) is 6.91. The summed E-state index contributed by atoms with van der Waals surface area (Å²) in [7, 11) is 0. The molecular formula is C24H22N6O2. The van der Waals surface area contributed by atoms with Gasteiger partial charge in [-0.1, -0.05) is 42.5 Å². The van der Waals surface area contributed by atoms with Crippen LogP contribution in [0.5, 0.6) is 5.75 Å². The number of nitrogens with zero attached hydrogens (tertiary/aromatic N) is 5. The van der Waals surface area contributed by atoms with E-state index in [9.17, 15) is 4.79 Å². The first-order chi connectivity index (χ1) is 15.7. The Hall–Kier alpha value is -4.33. The number of amides is 1. The lowest BCUT2D eigenvalue weighted by atomic mass is 10.1. The molecule has 0 radical (unpaired) electrons. The lowest BCUT2D eigenvalue weighted by Gasteiger charge is -2.03. The zero-order valence-electron chi connectivity index (χ0n) is 17.5. The van der Waals surface area contributed by atoms with Crippen LogP contribution in [-0.2, 0) is 6.54 Å². The minimum atomic E-state index is -0.288. The molecule has 3 aromatic carbocycles. The third-order valence-electron chi connectivity index (χ3n) is 4.60. The van der Waals surface area contributed by atoms with E-state index >= 15 is 0 Å². The smallest absolute Gasteiger partial charge is 0.271 e. The highest BCUT2D eigenvalue weighted by Crippen LogP contribution is 2.13. The van der Waals surface area contributed by atoms with Gasteiger partial charge in [0.2, 0.25) is 5.82 Å². The van der Waals surface area contributed by atoms with Gasteiger partial charge < -0.3 is 4.74 Å². The maximum Gasteiger partial charge on any atom is 0.271 e. The number of aromatic nitrogens is 4. The highest BCUT2D eigenvalue weighted by Gasteiger charge is 2.07. The number of benzene rings is 3. The second kappa shape index (κ2) is 10.1. The van der Waals surface area contributed by atoms with Gasteiger partial charge in [0.15, 0.2) is 0 Å². The number of ether oxygens (including phenoxy) is 1. The Labute approximate surface area is 185 Å². The van der Waals surface area contributed by atoms with Crippen molar-refractivity contribution in [2.45, 2.75) is 13.5 Å². The minimum absolute atomic E-state index is 0.288. The fourth-order valence-corrected chi connectivity index (χ4v) is 2.98. The predicted octanol–water partition coefficient (Wildman–Crippen LogP) is 3.55. The summed E-state index contributed by atoms with van der Waals surface area (Å²) in [6.45, 7) is 3.01. The monoisotopic (exact) mass is 426 g/mol. The van der Waals surface area contributed by atoms with E-state index in [0.717, 1.165) is 22.4 Å². The van der Waals surface area contributed by atoms with Crippen molar-refractivity contribution >= 4 is 12.1 Å². The summed E-state index contributed by atoms with van der Waals surface area (Å²) in [5, 5.41) is 16.6. The van der Waals surface area contributed by atoms with Gasteiger partial charge in [0.1, 0.15) is 5.75 Å². The molecule has 0 aliphatic carbocycles. The van der Waals surface area contributed by atoms with Gasteiger partial charge in [0.05, 0.1) is 19.4 Å². The van der Waals surface area contributed by atoms with Gasteiger partial charge in [-0.05, 0) is 59.7 Å². The second-order valence-corrected chi connectivity index (χ2v) is 6.91. The molecule has 4 rings (SSSR count). The molecule has 8 heteroatoms. The molecule has 0 spiro atoms. The highest BCUT2D eigenvalue weighted by molar-refractivity contribution is 5.94. The molecule has 0 bridgehead atoms. The van der Waals surface area contributed by atoms with Crippen LogP contribution in [0.4, 0.5) is 0 Å². The first kappa shape index (κ1) is 20.9. The van der Waals surface area contributed by atoms with Crippen LogP contribution >= 0.6 is 0 Å². The van der Waals surface area contributed by atoms with Crippen molar-refractivity contribution in [2.75, 3.05) is 6.61 Å². The maximum atomic E-state index is 12.3. The summed E-state index contributed by atoms with van der Waals surface area (Å²) in [6.07, 6.45) is 1.59. The van der Waals surface area contributed by atoms with E-state index in [1.54, 1.807) is 18.3 Å². The number of rotatable bonds is 8. The Kier molecular flexibility index (Phi) is 6.62. The number of hydrazone groups is 1. The molecular weight excluding hydrogens is 404 g/mol. The predicted molar refractivity (Wildman–Crippen MR) is 121 cm³/mol. The summed E-state index contributed by atoms with van der Waals surface area (Å²) in [5.74, 6) is 1.09. The van der Waals surface area contributed by atoms with Gasteiger partial charge in [0, 0.05) is 11.1 Å². The first-order valence-electron chi connectivity index (χ1n) is 10.2. The molecule has 1 aromatic heterocycles. The van der Waals surface area contributed by atoms with Crippen LogP contribution in [0.15, 0.2) is 84.0 Å². The van der Waals surface area contributed by atoms with Crippen molar-refractivity contribution in [1.29, 1.82) is 0 Å². The van der Waals surface area contributed by atoms with E-state index in [4.69, 9.17) is 4.74 Å². The van der Waals surface area contributed by atoms with E-state index in [1.807, 2.05) is 73.7 Å². The Bertz CT molecular complexity index is 1190. The number of carbonyl (C=O) groups is 1. The van der Waals surface area contributed by atoms with E-state index in [1.165, 1.54) is 4.80 Å². The Morgan fingerprint density at radius 1 is 1.03 bits per heavy atom. The molecule has 1 N–H and O–H groups in total. The SMILES string of the molecule is CCOc1ccc(/C=N/NC(=O)c2ccc(Cn3nnc(-c4ccccc4)n3)cc2)cc1. The van der Waals surface area contributed by atoms with E-state index < -0.39 is 0 Å². The number of carbonyl (C=O) groups excluding carboxylic acids is 1. The summed E-state index contributed by atoms with van der Waals surface area (Å²) in [4.78, 5) is 13.8. The number of nitrogens with one attached hydrogen (secondary N) is 1. The summed E-state index contributed by atoms with van der Waals surface area (Å²) in [5.41, 5.74) is 5.77. The molecule has 0 aliphatic heterocycles. The molecule has 0 saturated heterocycles. The Morgan fingerprint density at radius 3 is 2.50 bits per heavy atom. The fraction of sp³-hybridized carbons (Fsp3) is 0.125. The molecule has 160 valence electrons. The summed E-state index contributed by atoms with van der Waals surface area (Å²) in [6, 6.07) is 24.3. The maximum absolute atomic E-state index is 12.3. The molecule has 4 aromatic rings. The van der Waals surface area contributed by atoms with Crippen LogP contribution in [0.3, 0.4) is 0 Å². The van der Waals surface area contributed by atoms with Crippen LogP contribution in [-0.4, -0.2) is 38.9 Å². The van der Waals surface area contributed by atoms with Crippen molar-refractivity contribution in [2.24, 2.45) is 5.10 Å². The fourth-order valence-electron chi connectivity index (χ4n) is 2.98. The topological polar surface area (TPSA) is 94.3 Å². The van der Waals surface area contributed by atoms with Crippen molar-refractivity contribution in [3.8, 4) is 17.1 Å².